The average Bonchev–Trinajstić information content (AvgIpc) is 2.51. The quantitative estimate of drug-likeness (QED) is 0.835. The first kappa shape index (κ1) is 18.3. The molecule has 1 heterocycles. The second-order valence-electron chi connectivity index (χ2n) is 6.83. The summed E-state index contributed by atoms with van der Waals surface area (Å²) in [5.74, 6) is -0.873. The Hall–Kier alpha value is -1.04. The van der Waals surface area contributed by atoms with Crippen molar-refractivity contribution in [2.45, 2.75) is 39.3 Å². The highest BCUT2D eigenvalue weighted by Gasteiger charge is 2.27. The second kappa shape index (κ2) is 8.71. The normalized spacial score (nSPS) is 20.3. The maximum atomic E-state index is 13.8. The summed E-state index contributed by atoms with van der Waals surface area (Å²) in [7, 11) is 0. The lowest BCUT2D eigenvalue weighted by molar-refractivity contribution is 0.0518. The fourth-order valence-corrected chi connectivity index (χ4v) is 3.15. The number of halogens is 2. The van der Waals surface area contributed by atoms with Crippen LogP contribution in [-0.4, -0.2) is 53.7 Å². The maximum absolute atomic E-state index is 13.8. The summed E-state index contributed by atoms with van der Waals surface area (Å²) in [4.78, 5) is 4.58. The third kappa shape index (κ3) is 5.23. The molecule has 130 valence electrons. The predicted molar refractivity (Wildman–Crippen MR) is 88.2 cm³/mol. The van der Waals surface area contributed by atoms with Gasteiger partial charge in [0.05, 0.1) is 0 Å². The van der Waals surface area contributed by atoms with E-state index in [1.807, 2.05) is 0 Å². The van der Waals surface area contributed by atoms with Gasteiger partial charge in [0, 0.05) is 44.4 Å². The zero-order valence-corrected chi connectivity index (χ0v) is 14.1. The summed E-state index contributed by atoms with van der Waals surface area (Å²) in [5, 5.41) is 9.32. The average molecular weight is 326 g/mol. The van der Waals surface area contributed by atoms with Gasteiger partial charge in [0.15, 0.2) is 11.6 Å². The SMILES string of the molecule is CC(C)CCN1CCN(Cc2cccc(F)c2F)C[C@@H]1CCO. The van der Waals surface area contributed by atoms with E-state index < -0.39 is 11.6 Å². The molecule has 0 amide bonds. The van der Waals surface area contributed by atoms with Gasteiger partial charge in [-0.25, -0.2) is 8.78 Å². The van der Waals surface area contributed by atoms with Crippen LogP contribution >= 0.6 is 0 Å². The first-order valence-electron chi connectivity index (χ1n) is 8.51. The van der Waals surface area contributed by atoms with Crippen molar-refractivity contribution in [3.05, 3.63) is 35.4 Å². The van der Waals surface area contributed by atoms with Crippen LogP contribution < -0.4 is 0 Å². The summed E-state index contributed by atoms with van der Waals surface area (Å²) < 4.78 is 27.2. The molecule has 1 aromatic rings. The first-order valence-corrected chi connectivity index (χ1v) is 8.51. The van der Waals surface area contributed by atoms with E-state index in [2.05, 4.69) is 23.6 Å². The van der Waals surface area contributed by atoms with Crippen molar-refractivity contribution in [1.29, 1.82) is 0 Å². The smallest absolute Gasteiger partial charge is 0.163 e. The fraction of sp³-hybridized carbons (Fsp3) is 0.667. The summed E-state index contributed by atoms with van der Waals surface area (Å²) in [6.45, 7) is 8.58. The Morgan fingerprint density at radius 3 is 2.74 bits per heavy atom. The molecule has 1 N–H and O–H groups in total. The molecule has 3 nitrogen and oxygen atoms in total. The van der Waals surface area contributed by atoms with Crippen LogP contribution in [0.4, 0.5) is 8.78 Å². The van der Waals surface area contributed by atoms with Crippen LogP contribution in [0.15, 0.2) is 18.2 Å². The number of hydrogen-bond acceptors (Lipinski definition) is 3. The van der Waals surface area contributed by atoms with Gasteiger partial charge >= 0.3 is 0 Å². The van der Waals surface area contributed by atoms with Crippen LogP contribution in [0.3, 0.4) is 0 Å². The third-order valence-corrected chi connectivity index (χ3v) is 4.57. The Labute approximate surface area is 137 Å². The molecule has 1 atom stereocenters. The Morgan fingerprint density at radius 2 is 2.04 bits per heavy atom. The van der Waals surface area contributed by atoms with Gasteiger partial charge in [-0.15, -0.1) is 0 Å². The molecular weight excluding hydrogens is 298 g/mol. The molecule has 2 rings (SSSR count). The number of hydrogen-bond donors (Lipinski definition) is 1. The monoisotopic (exact) mass is 326 g/mol. The van der Waals surface area contributed by atoms with Crippen LogP contribution in [0.25, 0.3) is 0 Å². The Bertz CT molecular complexity index is 496. The fourth-order valence-electron chi connectivity index (χ4n) is 3.15. The molecule has 1 aliphatic heterocycles. The summed E-state index contributed by atoms with van der Waals surface area (Å²) in [6.07, 6.45) is 1.86. The number of rotatable bonds is 7. The van der Waals surface area contributed by atoms with E-state index in [1.54, 1.807) is 12.1 Å². The lowest BCUT2D eigenvalue weighted by atomic mass is 10.0. The minimum Gasteiger partial charge on any atom is -0.396 e. The minimum absolute atomic E-state index is 0.158. The van der Waals surface area contributed by atoms with Gasteiger partial charge in [-0.3, -0.25) is 9.80 Å². The molecule has 1 saturated heterocycles. The van der Waals surface area contributed by atoms with Gasteiger partial charge in [-0.1, -0.05) is 26.0 Å². The summed E-state index contributed by atoms with van der Waals surface area (Å²) in [5.41, 5.74) is 0.406. The highest BCUT2D eigenvalue weighted by Crippen LogP contribution is 2.19. The Balaban J connectivity index is 1.96. The maximum Gasteiger partial charge on any atom is 0.163 e. The highest BCUT2D eigenvalue weighted by atomic mass is 19.2. The van der Waals surface area contributed by atoms with E-state index >= 15 is 0 Å². The largest absolute Gasteiger partial charge is 0.396 e. The zero-order valence-electron chi connectivity index (χ0n) is 14.1. The molecule has 5 heteroatoms. The molecule has 23 heavy (non-hydrogen) atoms. The van der Waals surface area contributed by atoms with Crippen molar-refractivity contribution < 1.29 is 13.9 Å². The molecule has 1 fully saturated rings. The molecule has 1 aromatic carbocycles. The molecule has 0 unspecified atom stereocenters. The number of aliphatic hydroxyl groups excluding tert-OH is 1. The highest BCUT2D eigenvalue weighted by molar-refractivity contribution is 5.19. The number of benzene rings is 1. The Morgan fingerprint density at radius 1 is 1.26 bits per heavy atom. The molecule has 0 saturated carbocycles. The van der Waals surface area contributed by atoms with Gasteiger partial charge in [0.2, 0.25) is 0 Å². The number of nitrogens with zero attached hydrogens (tertiary/aromatic N) is 2. The predicted octanol–water partition coefficient (Wildman–Crippen LogP) is 2.88. The first-order chi connectivity index (χ1) is 11.0. The van der Waals surface area contributed by atoms with Crippen molar-refractivity contribution in [3.8, 4) is 0 Å². The molecule has 0 aromatic heterocycles. The van der Waals surface area contributed by atoms with Crippen LogP contribution in [0.1, 0.15) is 32.3 Å². The van der Waals surface area contributed by atoms with E-state index in [9.17, 15) is 13.9 Å². The van der Waals surface area contributed by atoms with Crippen LogP contribution in [0.2, 0.25) is 0 Å². The topological polar surface area (TPSA) is 26.7 Å². The van der Waals surface area contributed by atoms with Crippen LogP contribution in [-0.2, 0) is 6.54 Å². The van der Waals surface area contributed by atoms with E-state index in [4.69, 9.17) is 0 Å². The standard InChI is InChI=1S/C18H28F2N2O/c1-14(2)6-8-22-10-9-21(13-16(22)7-11-23)12-15-4-3-5-17(19)18(15)20/h3-5,14,16,23H,6-13H2,1-2H3/t16-/m0/s1. The van der Waals surface area contributed by atoms with Crippen molar-refractivity contribution in [1.82, 2.24) is 9.80 Å². The van der Waals surface area contributed by atoms with Gasteiger partial charge in [0.25, 0.3) is 0 Å². The minimum atomic E-state index is -0.787. The van der Waals surface area contributed by atoms with E-state index in [0.717, 1.165) is 45.1 Å². The van der Waals surface area contributed by atoms with Crippen molar-refractivity contribution in [3.63, 3.8) is 0 Å². The summed E-state index contributed by atoms with van der Waals surface area (Å²) in [6, 6.07) is 4.63. The third-order valence-electron chi connectivity index (χ3n) is 4.57. The molecule has 0 spiro atoms. The van der Waals surface area contributed by atoms with Crippen molar-refractivity contribution >= 4 is 0 Å². The molecule has 1 aliphatic rings. The van der Waals surface area contributed by atoms with E-state index in [0.29, 0.717) is 18.0 Å². The van der Waals surface area contributed by atoms with E-state index in [1.165, 1.54) is 0 Å². The van der Waals surface area contributed by atoms with Gasteiger partial charge in [-0.05, 0) is 31.4 Å². The van der Waals surface area contributed by atoms with Crippen molar-refractivity contribution in [2.24, 2.45) is 5.92 Å². The molecule has 0 radical (unpaired) electrons. The summed E-state index contributed by atoms with van der Waals surface area (Å²) >= 11 is 0. The second-order valence-corrected chi connectivity index (χ2v) is 6.83. The lowest BCUT2D eigenvalue weighted by Crippen LogP contribution is -2.53. The molecule has 0 bridgehead atoms. The Kier molecular flexibility index (Phi) is 6.93. The molecule has 0 aliphatic carbocycles. The number of piperazine rings is 1. The zero-order chi connectivity index (χ0) is 16.8. The van der Waals surface area contributed by atoms with Crippen molar-refractivity contribution in [2.75, 3.05) is 32.8 Å². The van der Waals surface area contributed by atoms with Crippen LogP contribution in [0.5, 0.6) is 0 Å². The van der Waals surface area contributed by atoms with Gasteiger partial charge in [-0.2, -0.15) is 0 Å². The van der Waals surface area contributed by atoms with Gasteiger partial charge in [0.1, 0.15) is 0 Å². The van der Waals surface area contributed by atoms with Crippen LogP contribution in [0, 0.1) is 17.6 Å². The lowest BCUT2D eigenvalue weighted by Gasteiger charge is -2.41. The number of aliphatic hydroxyl groups is 1. The molecular formula is C18H28F2N2O. The van der Waals surface area contributed by atoms with Gasteiger partial charge < -0.3 is 5.11 Å². The van der Waals surface area contributed by atoms with E-state index in [-0.39, 0.29) is 12.6 Å².